The van der Waals surface area contributed by atoms with Gasteiger partial charge in [0, 0.05) is 37.2 Å². The SMILES string of the molecule is Cc1noc(C)c1C(=O)N1CCC2(CCCN(Cc3ccccc3F)C2)C1. The van der Waals surface area contributed by atoms with Gasteiger partial charge in [0.15, 0.2) is 0 Å². The number of piperidine rings is 1. The van der Waals surface area contributed by atoms with Crippen molar-refractivity contribution >= 4 is 5.91 Å². The monoisotopic (exact) mass is 371 g/mol. The summed E-state index contributed by atoms with van der Waals surface area (Å²) >= 11 is 0. The molecular weight excluding hydrogens is 345 g/mol. The van der Waals surface area contributed by atoms with Gasteiger partial charge in [-0.2, -0.15) is 0 Å². The fourth-order valence-corrected chi connectivity index (χ4v) is 4.70. The summed E-state index contributed by atoms with van der Waals surface area (Å²) in [5.41, 5.74) is 2.11. The average Bonchev–Trinajstić information content (AvgIpc) is 3.20. The molecule has 0 bridgehead atoms. The largest absolute Gasteiger partial charge is 0.361 e. The molecule has 3 heterocycles. The Morgan fingerprint density at radius 2 is 2.04 bits per heavy atom. The van der Waals surface area contributed by atoms with Gasteiger partial charge in [0.05, 0.1) is 5.69 Å². The zero-order valence-electron chi connectivity index (χ0n) is 16.0. The molecule has 6 heteroatoms. The van der Waals surface area contributed by atoms with Crippen LogP contribution in [-0.2, 0) is 6.54 Å². The number of benzene rings is 1. The van der Waals surface area contributed by atoms with Crippen LogP contribution in [0.25, 0.3) is 0 Å². The van der Waals surface area contributed by atoms with Gasteiger partial charge in [-0.05, 0) is 45.7 Å². The van der Waals surface area contributed by atoms with Crippen molar-refractivity contribution in [1.29, 1.82) is 0 Å². The van der Waals surface area contributed by atoms with Gasteiger partial charge in [0.2, 0.25) is 0 Å². The first-order valence-corrected chi connectivity index (χ1v) is 9.65. The van der Waals surface area contributed by atoms with Crippen molar-refractivity contribution in [3.8, 4) is 0 Å². The van der Waals surface area contributed by atoms with Gasteiger partial charge in [-0.1, -0.05) is 23.4 Å². The number of halogens is 1. The van der Waals surface area contributed by atoms with Gasteiger partial charge in [-0.25, -0.2) is 4.39 Å². The number of carbonyl (C=O) groups is 1. The van der Waals surface area contributed by atoms with E-state index in [0.717, 1.165) is 51.0 Å². The van der Waals surface area contributed by atoms with Crippen molar-refractivity contribution in [1.82, 2.24) is 15.0 Å². The summed E-state index contributed by atoms with van der Waals surface area (Å²) < 4.78 is 19.2. The van der Waals surface area contributed by atoms with Gasteiger partial charge >= 0.3 is 0 Å². The minimum atomic E-state index is -0.140. The molecule has 0 aliphatic carbocycles. The molecule has 2 aliphatic rings. The van der Waals surface area contributed by atoms with Crippen LogP contribution in [0, 0.1) is 25.1 Å². The number of aromatic nitrogens is 1. The maximum Gasteiger partial charge on any atom is 0.259 e. The van der Waals surface area contributed by atoms with Crippen LogP contribution in [0.5, 0.6) is 0 Å². The fraction of sp³-hybridized carbons (Fsp3) is 0.524. The summed E-state index contributed by atoms with van der Waals surface area (Å²) in [5.74, 6) is 0.469. The van der Waals surface area contributed by atoms with Gasteiger partial charge in [0.1, 0.15) is 17.1 Å². The Bertz CT molecular complexity index is 830. The second-order valence-corrected chi connectivity index (χ2v) is 8.08. The van der Waals surface area contributed by atoms with E-state index in [-0.39, 0.29) is 17.1 Å². The molecule has 0 radical (unpaired) electrons. The smallest absolute Gasteiger partial charge is 0.259 e. The summed E-state index contributed by atoms with van der Waals surface area (Å²) in [4.78, 5) is 17.2. The molecule has 0 saturated carbocycles. The number of nitrogens with zero attached hydrogens (tertiary/aromatic N) is 3. The molecule has 5 nitrogen and oxygen atoms in total. The quantitative estimate of drug-likeness (QED) is 0.828. The normalized spacial score (nSPS) is 23.3. The zero-order chi connectivity index (χ0) is 19.0. The van der Waals surface area contributed by atoms with Crippen LogP contribution in [0.15, 0.2) is 28.8 Å². The van der Waals surface area contributed by atoms with Gasteiger partial charge < -0.3 is 9.42 Å². The maximum atomic E-state index is 14.0. The second kappa shape index (κ2) is 7.08. The first-order valence-electron chi connectivity index (χ1n) is 9.65. The van der Waals surface area contributed by atoms with E-state index in [1.807, 2.05) is 24.0 Å². The lowest BCUT2D eigenvalue weighted by Crippen LogP contribution is -2.45. The lowest BCUT2D eigenvalue weighted by Gasteiger charge is -2.40. The summed E-state index contributed by atoms with van der Waals surface area (Å²) in [7, 11) is 0. The van der Waals surface area contributed by atoms with E-state index in [4.69, 9.17) is 4.52 Å². The third kappa shape index (κ3) is 3.50. The van der Waals surface area contributed by atoms with Crippen LogP contribution >= 0.6 is 0 Å². The topological polar surface area (TPSA) is 49.6 Å². The molecule has 1 amide bonds. The van der Waals surface area contributed by atoms with E-state index in [0.29, 0.717) is 23.6 Å². The Morgan fingerprint density at radius 3 is 2.78 bits per heavy atom. The first-order chi connectivity index (χ1) is 13.0. The minimum Gasteiger partial charge on any atom is -0.361 e. The molecular formula is C21H26FN3O2. The van der Waals surface area contributed by atoms with Crippen molar-refractivity contribution in [2.24, 2.45) is 5.41 Å². The van der Waals surface area contributed by atoms with E-state index < -0.39 is 0 Å². The van der Waals surface area contributed by atoms with Crippen LogP contribution in [0.1, 0.15) is 46.6 Å². The number of amides is 1. The molecule has 1 aromatic carbocycles. The molecule has 1 aromatic heterocycles. The molecule has 4 rings (SSSR count). The molecule has 1 atom stereocenters. The lowest BCUT2D eigenvalue weighted by molar-refractivity contribution is 0.0671. The summed E-state index contributed by atoms with van der Waals surface area (Å²) in [6, 6.07) is 7.00. The highest BCUT2D eigenvalue weighted by molar-refractivity contribution is 5.96. The Morgan fingerprint density at radius 1 is 1.22 bits per heavy atom. The van der Waals surface area contributed by atoms with Gasteiger partial charge in [0.25, 0.3) is 5.91 Å². The van der Waals surface area contributed by atoms with Crippen LogP contribution in [0.3, 0.4) is 0 Å². The van der Waals surface area contributed by atoms with E-state index in [1.54, 1.807) is 13.0 Å². The van der Waals surface area contributed by atoms with E-state index in [1.165, 1.54) is 6.07 Å². The zero-order valence-corrected chi connectivity index (χ0v) is 16.0. The molecule has 1 unspecified atom stereocenters. The predicted molar refractivity (Wildman–Crippen MR) is 99.8 cm³/mol. The lowest BCUT2D eigenvalue weighted by atomic mass is 9.79. The van der Waals surface area contributed by atoms with Crippen molar-refractivity contribution in [2.75, 3.05) is 26.2 Å². The fourth-order valence-electron chi connectivity index (χ4n) is 4.70. The number of likely N-dealkylation sites (tertiary alicyclic amines) is 2. The molecule has 2 aromatic rings. The van der Waals surface area contributed by atoms with E-state index in [2.05, 4.69) is 10.1 Å². The highest BCUT2D eigenvalue weighted by Crippen LogP contribution is 2.40. The van der Waals surface area contributed by atoms with E-state index in [9.17, 15) is 9.18 Å². The minimum absolute atomic E-state index is 0.0225. The molecule has 0 N–H and O–H groups in total. The summed E-state index contributed by atoms with van der Waals surface area (Å²) in [5, 5.41) is 3.91. The van der Waals surface area contributed by atoms with Crippen molar-refractivity contribution < 1.29 is 13.7 Å². The highest BCUT2D eigenvalue weighted by Gasteiger charge is 2.43. The van der Waals surface area contributed by atoms with E-state index >= 15 is 0 Å². The molecule has 2 fully saturated rings. The molecule has 2 saturated heterocycles. The highest BCUT2D eigenvalue weighted by atomic mass is 19.1. The molecule has 144 valence electrons. The maximum absolute atomic E-state index is 14.0. The average molecular weight is 371 g/mol. The van der Waals surface area contributed by atoms with Gasteiger partial charge in [-0.3, -0.25) is 9.69 Å². The second-order valence-electron chi connectivity index (χ2n) is 8.08. The van der Waals surface area contributed by atoms with Crippen molar-refractivity contribution in [3.63, 3.8) is 0 Å². The Labute approximate surface area is 159 Å². The Balaban J connectivity index is 1.45. The summed E-state index contributed by atoms with van der Waals surface area (Å²) in [6.07, 6.45) is 3.20. The third-order valence-corrected chi connectivity index (χ3v) is 6.07. The molecule has 2 aliphatic heterocycles. The third-order valence-electron chi connectivity index (χ3n) is 6.07. The van der Waals surface area contributed by atoms with Crippen molar-refractivity contribution in [3.05, 3.63) is 52.7 Å². The first kappa shape index (κ1) is 18.2. The number of hydrogen-bond donors (Lipinski definition) is 0. The van der Waals surface area contributed by atoms with Crippen LogP contribution in [0.2, 0.25) is 0 Å². The molecule has 27 heavy (non-hydrogen) atoms. The van der Waals surface area contributed by atoms with Crippen molar-refractivity contribution in [2.45, 2.75) is 39.7 Å². The van der Waals surface area contributed by atoms with Crippen LogP contribution < -0.4 is 0 Å². The number of hydrogen-bond acceptors (Lipinski definition) is 4. The number of rotatable bonds is 3. The van der Waals surface area contributed by atoms with Crippen LogP contribution in [-0.4, -0.2) is 47.0 Å². The molecule has 1 spiro atoms. The summed E-state index contributed by atoms with van der Waals surface area (Å²) in [6.45, 7) is 7.63. The Hall–Kier alpha value is -2.21. The number of carbonyl (C=O) groups excluding carboxylic acids is 1. The Kier molecular flexibility index (Phi) is 4.76. The van der Waals surface area contributed by atoms with Gasteiger partial charge in [-0.15, -0.1) is 0 Å². The standard InChI is InChI=1S/C21H26FN3O2/c1-15-19(16(2)27-23-15)20(26)25-11-9-21(14-25)8-5-10-24(13-21)12-17-6-3-4-7-18(17)22/h3-4,6-7H,5,8-14H2,1-2H3. The number of aryl methyl sites for hydroxylation is 2. The predicted octanol–water partition coefficient (Wildman–Crippen LogP) is 3.56. The van der Waals surface area contributed by atoms with Crippen LogP contribution in [0.4, 0.5) is 4.39 Å².